The molecule has 0 unspecified atom stereocenters. The Morgan fingerprint density at radius 3 is 2.85 bits per heavy atom. The van der Waals surface area contributed by atoms with Crippen LogP contribution in [0.1, 0.15) is 30.7 Å². The number of carboxylic acids is 1. The number of aromatic nitrogens is 2. The van der Waals surface area contributed by atoms with Crippen molar-refractivity contribution in [2.24, 2.45) is 0 Å². The first-order valence-corrected chi connectivity index (χ1v) is 9.94. The molecule has 3 rings (SSSR count). The Balaban J connectivity index is 1.66. The fourth-order valence-electron chi connectivity index (χ4n) is 2.56. The van der Waals surface area contributed by atoms with Crippen LogP contribution in [0.3, 0.4) is 0 Å². The van der Waals surface area contributed by atoms with Gasteiger partial charge in [-0.25, -0.2) is 9.78 Å². The summed E-state index contributed by atoms with van der Waals surface area (Å²) in [4.78, 5) is 33.4. The third kappa shape index (κ3) is 3.86. The standard InChI is InChI=1S/C18H17N3O3S2/c1-10-16(18(23)24)26-14(21-10)6-7-19-17(22)12-8-11-4-3-5-13(25-2)15(11)20-9-12/h3-5,8-9H,6-7H2,1-2H3,(H,19,22)(H,23,24). The number of thiazole rings is 1. The minimum atomic E-state index is -0.970. The summed E-state index contributed by atoms with van der Waals surface area (Å²) in [6, 6.07) is 7.71. The lowest BCUT2D eigenvalue weighted by molar-refractivity contribution is 0.0701. The molecule has 0 fully saturated rings. The molecule has 8 heteroatoms. The molecule has 0 radical (unpaired) electrons. The number of carbonyl (C=O) groups is 2. The van der Waals surface area contributed by atoms with Gasteiger partial charge >= 0.3 is 5.97 Å². The van der Waals surface area contributed by atoms with Crippen molar-refractivity contribution in [1.29, 1.82) is 0 Å². The number of nitrogens with zero attached hydrogens (tertiary/aromatic N) is 2. The quantitative estimate of drug-likeness (QED) is 0.630. The normalized spacial score (nSPS) is 10.8. The van der Waals surface area contributed by atoms with E-state index in [4.69, 9.17) is 5.11 Å². The fourth-order valence-corrected chi connectivity index (χ4v) is 4.05. The molecule has 0 saturated carbocycles. The number of para-hydroxylation sites is 1. The number of hydrogen-bond donors (Lipinski definition) is 2. The Morgan fingerprint density at radius 2 is 2.15 bits per heavy atom. The third-order valence-corrected chi connectivity index (χ3v) is 5.79. The molecule has 0 atom stereocenters. The second kappa shape index (κ2) is 7.84. The van der Waals surface area contributed by atoms with E-state index in [1.807, 2.05) is 30.5 Å². The summed E-state index contributed by atoms with van der Waals surface area (Å²) < 4.78 is 0. The molecule has 0 spiro atoms. The van der Waals surface area contributed by atoms with Crippen LogP contribution in [-0.4, -0.2) is 39.8 Å². The van der Waals surface area contributed by atoms with E-state index in [2.05, 4.69) is 15.3 Å². The van der Waals surface area contributed by atoms with Crippen molar-refractivity contribution >= 4 is 45.9 Å². The summed E-state index contributed by atoms with van der Waals surface area (Å²) in [5, 5.41) is 13.5. The number of aromatic carboxylic acids is 1. The number of carboxylic acid groups (broad SMARTS) is 1. The number of nitrogens with one attached hydrogen (secondary N) is 1. The van der Waals surface area contributed by atoms with Gasteiger partial charge in [-0.1, -0.05) is 12.1 Å². The van der Waals surface area contributed by atoms with Gasteiger partial charge in [-0.2, -0.15) is 0 Å². The third-order valence-electron chi connectivity index (χ3n) is 3.82. The van der Waals surface area contributed by atoms with Crippen LogP contribution < -0.4 is 5.32 Å². The number of benzene rings is 1. The molecule has 26 heavy (non-hydrogen) atoms. The zero-order chi connectivity index (χ0) is 18.7. The Bertz CT molecular complexity index is 985. The van der Waals surface area contributed by atoms with E-state index in [0.29, 0.717) is 29.2 Å². The lowest BCUT2D eigenvalue weighted by Crippen LogP contribution is -2.25. The number of pyridine rings is 1. The van der Waals surface area contributed by atoms with Gasteiger partial charge < -0.3 is 10.4 Å². The van der Waals surface area contributed by atoms with Gasteiger partial charge in [0, 0.05) is 29.4 Å². The average molecular weight is 387 g/mol. The first-order chi connectivity index (χ1) is 12.5. The summed E-state index contributed by atoms with van der Waals surface area (Å²) in [6.45, 7) is 2.05. The van der Waals surface area contributed by atoms with Gasteiger partial charge in [-0.15, -0.1) is 23.1 Å². The first kappa shape index (κ1) is 18.3. The highest BCUT2D eigenvalue weighted by molar-refractivity contribution is 7.98. The number of rotatable bonds is 6. The highest BCUT2D eigenvalue weighted by Gasteiger charge is 2.14. The molecule has 134 valence electrons. The summed E-state index contributed by atoms with van der Waals surface area (Å²) in [7, 11) is 0. The largest absolute Gasteiger partial charge is 0.477 e. The predicted molar refractivity (Wildman–Crippen MR) is 103 cm³/mol. The highest BCUT2D eigenvalue weighted by Crippen LogP contribution is 2.24. The number of aryl methyl sites for hydroxylation is 1. The lowest BCUT2D eigenvalue weighted by atomic mass is 10.1. The smallest absolute Gasteiger partial charge is 0.347 e. The van der Waals surface area contributed by atoms with E-state index in [-0.39, 0.29) is 10.8 Å². The molecule has 0 aliphatic heterocycles. The van der Waals surface area contributed by atoms with Crippen LogP contribution in [0.5, 0.6) is 0 Å². The predicted octanol–water partition coefficient (Wildman–Crippen LogP) is 3.39. The molecule has 0 aliphatic rings. The lowest BCUT2D eigenvalue weighted by Gasteiger charge is -2.07. The van der Waals surface area contributed by atoms with Crippen LogP contribution in [0.25, 0.3) is 10.9 Å². The molecule has 6 nitrogen and oxygen atoms in total. The Hall–Kier alpha value is -2.45. The second-order valence-electron chi connectivity index (χ2n) is 5.59. The summed E-state index contributed by atoms with van der Waals surface area (Å²) in [5.74, 6) is -1.18. The van der Waals surface area contributed by atoms with Crippen molar-refractivity contribution in [1.82, 2.24) is 15.3 Å². The zero-order valence-corrected chi connectivity index (χ0v) is 15.9. The van der Waals surface area contributed by atoms with Gasteiger partial charge in [0.05, 0.1) is 21.8 Å². The van der Waals surface area contributed by atoms with Gasteiger partial charge in [0.25, 0.3) is 5.91 Å². The molecule has 1 aromatic carbocycles. The average Bonchev–Trinajstić information content (AvgIpc) is 3.01. The van der Waals surface area contributed by atoms with Crippen LogP contribution in [0, 0.1) is 6.92 Å². The van der Waals surface area contributed by atoms with Crippen LogP contribution in [0.15, 0.2) is 35.4 Å². The van der Waals surface area contributed by atoms with Gasteiger partial charge in [0.15, 0.2) is 0 Å². The molecular formula is C18H17N3O3S2. The number of carbonyl (C=O) groups excluding carboxylic acids is 1. The van der Waals surface area contributed by atoms with E-state index in [1.54, 1.807) is 24.9 Å². The van der Waals surface area contributed by atoms with E-state index < -0.39 is 5.97 Å². The van der Waals surface area contributed by atoms with Crippen LogP contribution in [0.2, 0.25) is 0 Å². The maximum Gasteiger partial charge on any atom is 0.347 e. The molecule has 0 aliphatic carbocycles. The van der Waals surface area contributed by atoms with Gasteiger partial charge in [0.2, 0.25) is 0 Å². The second-order valence-corrected chi connectivity index (χ2v) is 7.52. The highest BCUT2D eigenvalue weighted by atomic mass is 32.2. The molecule has 0 saturated heterocycles. The van der Waals surface area contributed by atoms with E-state index in [0.717, 1.165) is 27.1 Å². The molecule has 2 aromatic heterocycles. The minimum absolute atomic E-state index is 0.208. The van der Waals surface area contributed by atoms with E-state index in [1.165, 1.54) is 0 Å². The number of thioether (sulfide) groups is 1. The Morgan fingerprint density at radius 1 is 1.35 bits per heavy atom. The van der Waals surface area contributed by atoms with E-state index >= 15 is 0 Å². The Labute approximate surface area is 158 Å². The van der Waals surface area contributed by atoms with Crippen molar-refractivity contribution in [2.75, 3.05) is 12.8 Å². The maximum atomic E-state index is 12.3. The summed E-state index contributed by atoms with van der Waals surface area (Å²) >= 11 is 2.76. The van der Waals surface area contributed by atoms with Crippen LogP contribution in [-0.2, 0) is 6.42 Å². The fraction of sp³-hybridized carbons (Fsp3) is 0.222. The van der Waals surface area contributed by atoms with Crippen LogP contribution >= 0.6 is 23.1 Å². The molecule has 1 amide bonds. The van der Waals surface area contributed by atoms with Crippen molar-refractivity contribution in [3.8, 4) is 0 Å². The van der Waals surface area contributed by atoms with Gasteiger partial charge in [-0.3, -0.25) is 9.78 Å². The monoisotopic (exact) mass is 387 g/mol. The molecule has 2 N–H and O–H groups in total. The zero-order valence-electron chi connectivity index (χ0n) is 14.3. The topological polar surface area (TPSA) is 92.2 Å². The first-order valence-electron chi connectivity index (χ1n) is 7.90. The minimum Gasteiger partial charge on any atom is -0.477 e. The van der Waals surface area contributed by atoms with Crippen LogP contribution in [0.4, 0.5) is 0 Å². The maximum absolute atomic E-state index is 12.3. The van der Waals surface area contributed by atoms with Crippen molar-refractivity contribution < 1.29 is 14.7 Å². The van der Waals surface area contributed by atoms with Gasteiger partial charge in [0.1, 0.15) is 4.88 Å². The number of hydrogen-bond acceptors (Lipinski definition) is 6. The number of fused-ring (bicyclic) bond motifs is 1. The SMILES string of the molecule is CSc1cccc2cc(C(=O)NCCc3nc(C)c(C(=O)O)s3)cnc12. The summed E-state index contributed by atoms with van der Waals surface area (Å²) in [5.41, 5.74) is 1.89. The molecule has 3 aromatic rings. The van der Waals surface area contributed by atoms with E-state index in [9.17, 15) is 9.59 Å². The molecule has 2 heterocycles. The molecule has 0 bridgehead atoms. The molecular weight excluding hydrogens is 370 g/mol. The van der Waals surface area contributed by atoms with Crippen molar-refractivity contribution in [3.63, 3.8) is 0 Å². The van der Waals surface area contributed by atoms with Crippen molar-refractivity contribution in [2.45, 2.75) is 18.2 Å². The summed E-state index contributed by atoms with van der Waals surface area (Å²) in [6.07, 6.45) is 4.06. The Kier molecular flexibility index (Phi) is 5.53. The van der Waals surface area contributed by atoms with Crippen molar-refractivity contribution in [3.05, 3.63) is 51.6 Å². The number of amides is 1. The van der Waals surface area contributed by atoms with Gasteiger partial charge in [-0.05, 0) is 25.3 Å².